The number of rotatable bonds is 5. The van der Waals surface area contributed by atoms with Crippen molar-refractivity contribution in [2.45, 2.75) is 6.05 Å². The molecule has 0 radical (unpaired) electrons. The van der Waals surface area contributed by atoms with Gasteiger partial charge in [-0.3, -0.25) is 0 Å². The maximum absolute atomic E-state index is 16.5. The number of nitrogens with zero attached hydrogens (tertiary/aromatic N) is 1. The lowest BCUT2D eigenvalue weighted by Gasteiger charge is -2.20. The first kappa shape index (κ1) is 22.2. The van der Waals surface area contributed by atoms with Crippen LogP contribution in [0.3, 0.4) is 0 Å². The van der Waals surface area contributed by atoms with Gasteiger partial charge in [0.2, 0.25) is 11.4 Å². The van der Waals surface area contributed by atoms with Gasteiger partial charge in [-0.25, -0.2) is 0 Å². The van der Waals surface area contributed by atoms with Gasteiger partial charge in [0, 0.05) is 27.7 Å². The van der Waals surface area contributed by atoms with Crippen LogP contribution in [0, 0.1) is 0 Å². The van der Waals surface area contributed by atoms with Crippen LogP contribution in [0.5, 0.6) is 0 Å². The van der Waals surface area contributed by atoms with E-state index < -0.39 is 6.05 Å². The second kappa shape index (κ2) is 9.32. The summed E-state index contributed by atoms with van der Waals surface area (Å²) in [4.78, 5) is 0. The Hall–Kier alpha value is -3.63. The van der Waals surface area contributed by atoms with Crippen molar-refractivity contribution in [2.24, 2.45) is 0 Å². The average molecular weight is 513 g/mol. The topological polar surface area (TPSA) is 3.88 Å². The summed E-state index contributed by atoms with van der Waals surface area (Å²) in [5.74, 6) is 0. The van der Waals surface area contributed by atoms with Gasteiger partial charge in [0.15, 0.2) is 0 Å². The molecule has 1 aromatic heterocycles. The predicted molar refractivity (Wildman–Crippen MR) is 136 cm³/mol. The normalized spacial score (nSPS) is 11.4. The van der Waals surface area contributed by atoms with E-state index in [1.165, 1.54) is 6.07 Å². The highest BCUT2D eigenvalue weighted by Crippen LogP contribution is 2.37. The summed E-state index contributed by atoms with van der Waals surface area (Å²) in [5, 5.41) is 0. The van der Waals surface area contributed by atoms with Gasteiger partial charge >= 0.3 is 6.05 Å². The molecule has 0 spiro atoms. The maximum atomic E-state index is 16.5. The number of alkyl halides is 2. The Morgan fingerprint density at radius 3 is 1.38 bits per heavy atom. The Morgan fingerprint density at radius 1 is 0.500 bits per heavy atom. The van der Waals surface area contributed by atoms with E-state index in [4.69, 9.17) is 0 Å². The van der Waals surface area contributed by atoms with Crippen molar-refractivity contribution in [2.75, 3.05) is 0 Å². The summed E-state index contributed by atoms with van der Waals surface area (Å²) in [6.45, 7) is 0. The quantitative estimate of drug-likeness (QED) is 0.208. The van der Waals surface area contributed by atoms with E-state index in [1.54, 1.807) is 18.2 Å². The molecule has 0 fully saturated rings. The molecule has 4 heteroatoms. The SMILES string of the molecule is FC(F)(c1ccccc1Br)[n+]1c(-c2ccccc2)cc(-c2ccccc2)cc1-c1ccccc1. The molecule has 0 N–H and O–H groups in total. The fourth-order valence-corrected chi connectivity index (χ4v) is 4.69. The first-order chi connectivity index (χ1) is 16.6. The molecule has 0 bridgehead atoms. The standard InChI is InChI=1S/C30H21BrF2N/c31-27-19-11-10-18-26(27)30(32,33)34-28(23-14-6-2-7-15-23)20-25(22-12-4-1-5-13-22)21-29(34)24-16-8-3-9-17-24/h1-21H/q+1. The van der Waals surface area contributed by atoms with Crippen LogP contribution >= 0.6 is 15.9 Å². The van der Waals surface area contributed by atoms with Crippen molar-refractivity contribution in [1.29, 1.82) is 0 Å². The molecule has 5 aromatic rings. The molecule has 0 saturated carbocycles. The summed E-state index contributed by atoms with van der Waals surface area (Å²) < 4.78 is 34.5. The van der Waals surface area contributed by atoms with Crippen molar-refractivity contribution in [3.05, 3.63) is 137 Å². The molecular weight excluding hydrogens is 492 g/mol. The summed E-state index contributed by atoms with van der Waals surface area (Å²) in [6, 6.07) is 35.4. The minimum absolute atomic E-state index is 0.0955. The lowest BCUT2D eigenvalue weighted by Crippen LogP contribution is -2.54. The molecule has 0 saturated heterocycles. The molecule has 1 nitrogen and oxygen atoms in total. The van der Waals surface area contributed by atoms with Crippen molar-refractivity contribution in [3.8, 4) is 33.6 Å². The van der Waals surface area contributed by atoms with Crippen molar-refractivity contribution >= 4 is 15.9 Å². The van der Waals surface area contributed by atoms with Crippen LogP contribution in [0.4, 0.5) is 8.78 Å². The molecule has 5 rings (SSSR count). The number of hydrogen-bond donors (Lipinski definition) is 0. The Kier molecular flexibility index (Phi) is 6.08. The Morgan fingerprint density at radius 2 is 0.912 bits per heavy atom. The zero-order valence-corrected chi connectivity index (χ0v) is 19.8. The van der Waals surface area contributed by atoms with Crippen molar-refractivity contribution < 1.29 is 13.3 Å². The van der Waals surface area contributed by atoms with E-state index >= 15 is 8.78 Å². The Balaban J connectivity index is 1.90. The minimum Gasteiger partial charge on any atom is -0.134 e. The first-order valence-electron chi connectivity index (χ1n) is 11.0. The number of halogens is 3. The summed E-state index contributed by atoms with van der Waals surface area (Å²) in [5.41, 5.74) is 4.03. The zero-order valence-electron chi connectivity index (χ0n) is 18.2. The lowest BCUT2D eigenvalue weighted by molar-refractivity contribution is -0.793. The Labute approximate surface area is 206 Å². The van der Waals surface area contributed by atoms with E-state index in [0.717, 1.165) is 15.7 Å². The third-order valence-corrected chi connectivity index (χ3v) is 6.48. The number of hydrogen-bond acceptors (Lipinski definition) is 0. The predicted octanol–water partition coefficient (Wildman–Crippen LogP) is 8.34. The van der Waals surface area contributed by atoms with Gasteiger partial charge in [-0.1, -0.05) is 94.8 Å². The van der Waals surface area contributed by atoms with Crippen molar-refractivity contribution in [1.82, 2.24) is 0 Å². The van der Waals surface area contributed by atoms with Gasteiger partial charge in [-0.05, 0) is 47.5 Å². The lowest BCUT2D eigenvalue weighted by atomic mass is 9.98. The van der Waals surface area contributed by atoms with E-state index in [9.17, 15) is 0 Å². The van der Waals surface area contributed by atoms with Gasteiger partial charge in [-0.15, -0.1) is 13.3 Å². The molecule has 1 heterocycles. The third-order valence-electron chi connectivity index (χ3n) is 5.79. The fourth-order valence-electron chi connectivity index (χ4n) is 4.16. The fraction of sp³-hybridized carbons (Fsp3) is 0.0333. The second-order valence-electron chi connectivity index (χ2n) is 7.97. The highest BCUT2D eigenvalue weighted by Gasteiger charge is 2.49. The molecule has 0 aliphatic rings. The highest BCUT2D eigenvalue weighted by molar-refractivity contribution is 9.10. The van der Waals surface area contributed by atoms with Crippen LogP contribution in [0.15, 0.2) is 132 Å². The largest absolute Gasteiger partial charge is 0.492 e. The van der Waals surface area contributed by atoms with Crippen LogP contribution in [0.25, 0.3) is 33.6 Å². The second-order valence-corrected chi connectivity index (χ2v) is 8.82. The number of benzene rings is 4. The smallest absolute Gasteiger partial charge is 0.134 e. The van der Waals surface area contributed by atoms with Crippen molar-refractivity contribution in [3.63, 3.8) is 0 Å². The zero-order chi connectivity index (χ0) is 23.5. The van der Waals surface area contributed by atoms with Gasteiger partial charge < -0.3 is 0 Å². The number of aromatic nitrogens is 1. The number of pyridine rings is 1. The third kappa shape index (κ3) is 4.17. The summed E-state index contributed by atoms with van der Waals surface area (Å²) in [7, 11) is 0. The van der Waals surface area contributed by atoms with Gasteiger partial charge in [0.1, 0.15) is 5.56 Å². The summed E-state index contributed by atoms with van der Waals surface area (Å²) in [6.07, 6.45) is 0. The molecule has 0 aliphatic carbocycles. The van der Waals surface area contributed by atoms with Crippen LogP contribution in [-0.4, -0.2) is 0 Å². The van der Waals surface area contributed by atoms with E-state index in [2.05, 4.69) is 15.9 Å². The molecule has 166 valence electrons. The van der Waals surface area contributed by atoms with Gasteiger partial charge in [0.25, 0.3) is 0 Å². The van der Waals surface area contributed by atoms with E-state index in [-0.39, 0.29) is 5.56 Å². The van der Waals surface area contributed by atoms with Crippen LogP contribution in [-0.2, 0) is 6.05 Å². The Bertz CT molecular complexity index is 1360. The molecule has 0 atom stereocenters. The van der Waals surface area contributed by atoms with E-state index in [1.807, 2.05) is 103 Å². The summed E-state index contributed by atoms with van der Waals surface area (Å²) >= 11 is 3.35. The molecule has 0 amide bonds. The minimum atomic E-state index is -3.33. The van der Waals surface area contributed by atoms with E-state index in [0.29, 0.717) is 27.0 Å². The van der Waals surface area contributed by atoms with Crippen LogP contribution < -0.4 is 4.57 Å². The molecule has 0 aliphatic heterocycles. The monoisotopic (exact) mass is 512 g/mol. The maximum Gasteiger partial charge on any atom is 0.492 e. The van der Waals surface area contributed by atoms with Gasteiger partial charge in [0.05, 0.1) is 0 Å². The molecule has 4 aromatic carbocycles. The highest BCUT2D eigenvalue weighted by atomic mass is 79.9. The average Bonchev–Trinajstić information content (AvgIpc) is 2.89. The van der Waals surface area contributed by atoms with Crippen LogP contribution in [0.1, 0.15) is 5.56 Å². The molecular formula is C30H21BrF2N+. The molecule has 0 unspecified atom stereocenters. The van der Waals surface area contributed by atoms with Crippen LogP contribution in [0.2, 0.25) is 0 Å². The molecule has 34 heavy (non-hydrogen) atoms. The first-order valence-corrected chi connectivity index (χ1v) is 11.7. The van der Waals surface area contributed by atoms with Gasteiger partial charge in [-0.2, -0.15) is 0 Å².